The zero-order valence-corrected chi connectivity index (χ0v) is 9.29. The van der Waals surface area contributed by atoms with Crippen LogP contribution >= 0.6 is 11.3 Å². The van der Waals surface area contributed by atoms with Gasteiger partial charge in [-0.3, -0.25) is 4.68 Å². The normalized spacial score (nSPS) is 19.4. The van der Waals surface area contributed by atoms with Gasteiger partial charge in [0, 0.05) is 24.0 Å². The molecule has 1 atom stereocenters. The third kappa shape index (κ3) is 1.34. The number of aryl methyl sites for hydroxylation is 2. The van der Waals surface area contributed by atoms with E-state index in [1.807, 2.05) is 17.9 Å². The van der Waals surface area contributed by atoms with E-state index < -0.39 is 0 Å². The summed E-state index contributed by atoms with van der Waals surface area (Å²) < 4.78 is 1.84. The van der Waals surface area contributed by atoms with Crippen LogP contribution < -0.4 is 5.73 Å². The lowest BCUT2D eigenvalue weighted by atomic mass is 10.0. The summed E-state index contributed by atoms with van der Waals surface area (Å²) in [5.41, 5.74) is 8.19. The van der Waals surface area contributed by atoms with Gasteiger partial charge in [0.05, 0.1) is 11.9 Å². The van der Waals surface area contributed by atoms with Crippen LogP contribution in [-0.2, 0) is 13.5 Å². The summed E-state index contributed by atoms with van der Waals surface area (Å²) in [4.78, 5) is 5.68. The Morgan fingerprint density at radius 3 is 3.20 bits per heavy atom. The molecule has 0 aliphatic heterocycles. The molecule has 4 nitrogen and oxygen atoms in total. The third-order valence-electron chi connectivity index (χ3n) is 2.86. The lowest BCUT2D eigenvalue weighted by Gasteiger charge is -2.04. The lowest BCUT2D eigenvalue weighted by Crippen LogP contribution is -1.92. The second-order valence-corrected chi connectivity index (χ2v) is 4.96. The van der Waals surface area contributed by atoms with E-state index in [2.05, 4.69) is 16.3 Å². The molecule has 0 fully saturated rings. The Hall–Kier alpha value is -1.36. The molecule has 0 bridgehead atoms. The Morgan fingerprint density at radius 1 is 1.60 bits per heavy atom. The fraction of sp³-hybridized carbons (Fsp3) is 0.400. The van der Waals surface area contributed by atoms with Crippen LogP contribution in [0, 0.1) is 0 Å². The van der Waals surface area contributed by atoms with E-state index in [0.717, 1.165) is 12.8 Å². The molecule has 0 spiro atoms. The SMILES string of the molecule is Cn1cc(C2CCc3nc(N)sc32)cn1. The van der Waals surface area contributed by atoms with Crippen LogP contribution in [0.2, 0.25) is 0 Å². The van der Waals surface area contributed by atoms with E-state index in [1.54, 1.807) is 11.3 Å². The molecule has 5 heteroatoms. The number of nitrogen functional groups attached to an aromatic ring is 1. The fourth-order valence-corrected chi connectivity index (χ4v) is 3.23. The third-order valence-corrected chi connectivity index (χ3v) is 3.90. The second kappa shape index (κ2) is 3.06. The highest BCUT2D eigenvalue weighted by molar-refractivity contribution is 7.15. The maximum absolute atomic E-state index is 5.72. The number of aromatic nitrogens is 3. The number of fused-ring (bicyclic) bond motifs is 1. The van der Waals surface area contributed by atoms with Crippen LogP contribution in [0.25, 0.3) is 0 Å². The van der Waals surface area contributed by atoms with E-state index in [4.69, 9.17) is 5.73 Å². The van der Waals surface area contributed by atoms with Crippen molar-refractivity contribution >= 4 is 16.5 Å². The Balaban J connectivity index is 2.02. The molecule has 2 aromatic rings. The van der Waals surface area contributed by atoms with Crippen molar-refractivity contribution in [2.24, 2.45) is 7.05 Å². The van der Waals surface area contributed by atoms with E-state index in [1.165, 1.54) is 16.1 Å². The summed E-state index contributed by atoms with van der Waals surface area (Å²) in [6.07, 6.45) is 6.20. The molecular weight excluding hydrogens is 208 g/mol. The molecule has 0 amide bonds. The van der Waals surface area contributed by atoms with Crippen LogP contribution in [0.1, 0.15) is 28.5 Å². The highest BCUT2D eigenvalue weighted by Crippen LogP contribution is 2.41. The molecule has 3 rings (SSSR count). The zero-order chi connectivity index (χ0) is 10.4. The molecule has 2 N–H and O–H groups in total. The lowest BCUT2D eigenvalue weighted by molar-refractivity contribution is 0.760. The van der Waals surface area contributed by atoms with Crippen molar-refractivity contribution < 1.29 is 0 Å². The summed E-state index contributed by atoms with van der Waals surface area (Å²) >= 11 is 1.62. The monoisotopic (exact) mass is 220 g/mol. The van der Waals surface area contributed by atoms with Crippen molar-refractivity contribution in [1.29, 1.82) is 0 Å². The van der Waals surface area contributed by atoms with Crippen LogP contribution in [0.4, 0.5) is 5.13 Å². The first-order valence-corrected chi connectivity index (χ1v) is 5.79. The molecule has 0 aromatic carbocycles. The van der Waals surface area contributed by atoms with Gasteiger partial charge in [0.25, 0.3) is 0 Å². The molecule has 1 aliphatic rings. The molecule has 1 unspecified atom stereocenters. The van der Waals surface area contributed by atoms with E-state index >= 15 is 0 Å². The molecule has 15 heavy (non-hydrogen) atoms. The standard InChI is InChI=1S/C10H12N4S/c1-14-5-6(4-12-14)7-2-3-8-9(7)15-10(11)13-8/h4-5,7H,2-3H2,1H3,(H2,11,13). The summed E-state index contributed by atoms with van der Waals surface area (Å²) in [5.74, 6) is 0.462. The summed E-state index contributed by atoms with van der Waals surface area (Å²) in [6, 6.07) is 0. The Labute approximate surface area is 91.7 Å². The van der Waals surface area contributed by atoms with Crippen LogP contribution in [-0.4, -0.2) is 14.8 Å². The van der Waals surface area contributed by atoms with Crippen LogP contribution in [0.5, 0.6) is 0 Å². The molecular formula is C10H12N4S. The van der Waals surface area contributed by atoms with Crippen molar-refractivity contribution in [3.8, 4) is 0 Å². The van der Waals surface area contributed by atoms with Crippen molar-refractivity contribution in [2.75, 3.05) is 5.73 Å². The number of hydrogen-bond donors (Lipinski definition) is 1. The van der Waals surface area contributed by atoms with E-state index in [-0.39, 0.29) is 0 Å². The molecule has 1 aliphatic carbocycles. The van der Waals surface area contributed by atoms with Crippen molar-refractivity contribution in [3.05, 3.63) is 28.5 Å². The van der Waals surface area contributed by atoms with Gasteiger partial charge in [-0.2, -0.15) is 5.10 Å². The largest absolute Gasteiger partial charge is 0.375 e. The van der Waals surface area contributed by atoms with E-state index in [0.29, 0.717) is 11.0 Å². The Kier molecular flexibility index (Phi) is 1.82. The molecule has 0 saturated heterocycles. The highest BCUT2D eigenvalue weighted by atomic mass is 32.1. The highest BCUT2D eigenvalue weighted by Gasteiger charge is 2.28. The maximum atomic E-state index is 5.72. The summed E-state index contributed by atoms with van der Waals surface area (Å²) in [6.45, 7) is 0. The molecule has 2 aromatic heterocycles. The number of thiazole rings is 1. The quantitative estimate of drug-likeness (QED) is 0.793. The first-order valence-electron chi connectivity index (χ1n) is 4.97. The van der Waals surface area contributed by atoms with Gasteiger partial charge in [-0.05, 0) is 18.4 Å². The van der Waals surface area contributed by atoms with Crippen molar-refractivity contribution in [3.63, 3.8) is 0 Å². The number of hydrogen-bond acceptors (Lipinski definition) is 4. The predicted molar refractivity (Wildman–Crippen MR) is 59.9 cm³/mol. The Morgan fingerprint density at radius 2 is 2.47 bits per heavy atom. The van der Waals surface area contributed by atoms with E-state index in [9.17, 15) is 0 Å². The van der Waals surface area contributed by atoms with Crippen LogP contribution in [0.15, 0.2) is 12.4 Å². The molecule has 0 radical (unpaired) electrons. The predicted octanol–water partition coefficient (Wildman–Crippen LogP) is 1.54. The first kappa shape index (κ1) is 8.91. The average molecular weight is 220 g/mol. The number of nitrogens with two attached hydrogens (primary N) is 1. The van der Waals surface area contributed by atoms with Crippen LogP contribution in [0.3, 0.4) is 0 Å². The minimum atomic E-state index is 0.462. The van der Waals surface area contributed by atoms with Crippen molar-refractivity contribution in [1.82, 2.24) is 14.8 Å². The number of nitrogens with zero attached hydrogens (tertiary/aromatic N) is 3. The smallest absolute Gasteiger partial charge is 0.180 e. The van der Waals surface area contributed by atoms with Gasteiger partial charge in [-0.25, -0.2) is 4.98 Å². The second-order valence-electron chi connectivity index (χ2n) is 3.90. The fourth-order valence-electron chi connectivity index (χ4n) is 2.18. The number of anilines is 1. The topological polar surface area (TPSA) is 56.7 Å². The number of rotatable bonds is 1. The molecule has 78 valence electrons. The zero-order valence-electron chi connectivity index (χ0n) is 8.47. The van der Waals surface area contributed by atoms with Gasteiger partial charge in [0.1, 0.15) is 0 Å². The minimum Gasteiger partial charge on any atom is -0.375 e. The van der Waals surface area contributed by atoms with Gasteiger partial charge in [-0.1, -0.05) is 0 Å². The van der Waals surface area contributed by atoms with Gasteiger partial charge in [0.15, 0.2) is 5.13 Å². The average Bonchev–Trinajstić information content (AvgIpc) is 2.80. The van der Waals surface area contributed by atoms with Gasteiger partial charge in [-0.15, -0.1) is 11.3 Å². The summed E-state index contributed by atoms with van der Waals surface area (Å²) in [7, 11) is 1.94. The molecule has 0 saturated carbocycles. The minimum absolute atomic E-state index is 0.462. The van der Waals surface area contributed by atoms with Gasteiger partial charge >= 0.3 is 0 Å². The first-order chi connectivity index (χ1) is 7.24. The van der Waals surface area contributed by atoms with Crippen molar-refractivity contribution in [2.45, 2.75) is 18.8 Å². The Bertz CT molecular complexity index is 499. The van der Waals surface area contributed by atoms with Gasteiger partial charge in [0.2, 0.25) is 0 Å². The summed E-state index contributed by atoms with van der Waals surface area (Å²) in [5, 5.41) is 4.90. The van der Waals surface area contributed by atoms with Gasteiger partial charge < -0.3 is 5.73 Å². The maximum Gasteiger partial charge on any atom is 0.180 e. The molecule has 2 heterocycles.